The number of amides is 1. The number of ether oxygens (including phenoxy) is 1. The lowest BCUT2D eigenvalue weighted by Crippen LogP contribution is -2.44. The number of hydrogen-bond acceptors (Lipinski definition) is 4. The Kier molecular flexibility index (Phi) is 5.47. The van der Waals surface area contributed by atoms with E-state index in [4.69, 9.17) is 4.74 Å². The third kappa shape index (κ3) is 4.94. The molecule has 1 amide bonds. The van der Waals surface area contributed by atoms with Crippen molar-refractivity contribution in [3.05, 3.63) is 29.6 Å². The van der Waals surface area contributed by atoms with E-state index in [-0.39, 0.29) is 17.9 Å². The van der Waals surface area contributed by atoms with Crippen molar-refractivity contribution in [2.24, 2.45) is 0 Å². The largest absolute Gasteiger partial charge is 0.444 e. The number of halogens is 1. The summed E-state index contributed by atoms with van der Waals surface area (Å²) in [6.45, 7) is 8.13. The van der Waals surface area contributed by atoms with Crippen LogP contribution >= 0.6 is 0 Å². The van der Waals surface area contributed by atoms with Crippen LogP contribution in [0.3, 0.4) is 0 Å². The van der Waals surface area contributed by atoms with Crippen LogP contribution in [0.15, 0.2) is 18.2 Å². The maximum Gasteiger partial charge on any atom is 0.410 e. The first-order valence-corrected chi connectivity index (χ1v) is 8.20. The van der Waals surface area contributed by atoms with Gasteiger partial charge in [-0.2, -0.15) is 0 Å². The van der Waals surface area contributed by atoms with Gasteiger partial charge in [0.2, 0.25) is 0 Å². The zero-order valence-electron chi connectivity index (χ0n) is 14.7. The Labute approximate surface area is 142 Å². The standard InChI is InChI=1S/C18H25FN2O3/c1-12(22)15-11-13(19)5-6-16(15)20-14-7-9-21(10-8-14)17(23)24-18(2,3)4/h5-6,11,14,20H,7-10H2,1-4H3. The number of rotatable bonds is 3. The number of Topliss-reactive ketones (excluding diaryl/α,β-unsaturated/α-hetero) is 1. The van der Waals surface area contributed by atoms with E-state index in [1.807, 2.05) is 20.8 Å². The van der Waals surface area contributed by atoms with Crippen molar-refractivity contribution in [3.8, 4) is 0 Å². The van der Waals surface area contributed by atoms with Crippen molar-refractivity contribution in [1.82, 2.24) is 4.90 Å². The maximum absolute atomic E-state index is 13.3. The summed E-state index contributed by atoms with van der Waals surface area (Å²) in [5, 5.41) is 3.30. The Morgan fingerprint density at radius 3 is 2.42 bits per heavy atom. The molecule has 1 N–H and O–H groups in total. The van der Waals surface area contributed by atoms with Crippen LogP contribution in [0.2, 0.25) is 0 Å². The predicted octanol–water partition coefficient (Wildman–Crippen LogP) is 3.84. The molecular formula is C18H25FN2O3. The molecule has 1 aliphatic heterocycles. The van der Waals surface area contributed by atoms with Crippen LogP contribution in [-0.2, 0) is 4.74 Å². The molecule has 2 rings (SSSR count). The quantitative estimate of drug-likeness (QED) is 0.852. The fourth-order valence-electron chi connectivity index (χ4n) is 2.69. The van der Waals surface area contributed by atoms with Crippen molar-refractivity contribution in [1.29, 1.82) is 0 Å². The first kappa shape index (κ1) is 18.2. The van der Waals surface area contributed by atoms with Gasteiger partial charge in [0.1, 0.15) is 11.4 Å². The van der Waals surface area contributed by atoms with Crippen LogP contribution in [0.4, 0.5) is 14.9 Å². The summed E-state index contributed by atoms with van der Waals surface area (Å²) in [6.07, 6.45) is 1.19. The minimum atomic E-state index is -0.503. The molecule has 1 heterocycles. The fourth-order valence-corrected chi connectivity index (χ4v) is 2.69. The summed E-state index contributed by atoms with van der Waals surface area (Å²) in [5.74, 6) is -0.603. The third-order valence-corrected chi connectivity index (χ3v) is 3.87. The van der Waals surface area contributed by atoms with E-state index in [0.717, 1.165) is 12.8 Å². The van der Waals surface area contributed by atoms with Gasteiger partial charge in [0.05, 0.1) is 0 Å². The van der Waals surface area contributed by atoms with Gasteiger partial charge in [-0.15, -0.1) is 0 Å². The van der Waals surface area contributed by atoms with Gasteiger partial charge >= 0.3 is 6.09 Å². The fraction of sp³-hybridized carbons (Fsp3) is 0.556. The van der Waals surface area contributed by atoms with Gasteiger partial charge in [-0.1, -0.05) is 0 Å². The number of hydrogen-bond donors (Lipinski definition) is 1. The average Bonchev–Trinajstić information content (AvgIpc) is 2.48. The van der Waals surface area contributed by atoms with Crippen LogP contribution in [0.5, 0.6) is 0 Å². The lowest BCUT2D eigenvalue weighted by Gasteiger charge is -2.34. The lowest BCUT2D eigenvalue weighted by atomic mass is 10.0. The van der Waals surface area contributed by atoms with E-state index in [9.17, 15) is 14.0 Å². The molecule has 0 atom stereocenters. The van der Waals surface area contributed by atoms with Crippen molar-refractivity contribution in [2.75, 3.05) is 18.4 Å². The second-order valence-electron chi connectivity index (χ2n) is 7.13. The van der Waals surface area contributed by atoms with Crippen molar-refractivity contribution in [2.45, 2.75) is 52.2 Å². The smallest absolute Gasteiger partial charge is 0.410 e. The minimum absolute atomic E-state index is 0.132. The zero-order valence-corrected chi connectivity index (χ0v) is 14.7. The van der Waals surface area contributed by atoms with Crippen molar-refractivity contribution < 1.29 is 18.7 Å². The number of ketones is 1. The van der Waals surface area contributed by atoms with Crippen LogP contribution in [0, 0.1) is 5.82 Å². The number of likely N-dealkylation sites (tertiary alicyclic amines) is 1. The molecule has 0 saturated carbocycles. The predicted molar refractivity (Wildman–Crippen MR) is 90.9 cm³/mol. The monoisotopic (exact) mass is 336 g/mol. The molecule has 1 saturated heterocycles. The van der Waals surface area contributed by atoms with E-state index in [1.165, 1.54) is 19.1 Å². The molecule has 5 nitrogen and oxygen atoms in total. The molecule has 1 aromatic carbocycles. The molecular weight excluding hydrogens is 311 g/mol. The van der Waals surface area contributed by atoms with Gasteiger partial charge in [-0.25, -0.2) is 9.18 Å². The highest BCUT2D eigenvalue weighted by molar-refractivity contribution is 5.99. The van der Waals surface area contributed by atoms with Gasteiger partial charge in [0.15, 0.2) is 5.78 Å². The molecule has 132 valence electrons. The highest BCUT2D eigenvalue weighted by Crippen LogP contribution is 2.23. The Morgan fingerprint density at radius 2 is 1.88 bits per heavy atom. The number of carbonyl (C=O) groups excluding carboxylic acids is 2. The van der Waals surface area contributed by atoms with Crippen molar-refractivity contribution in [3.63, 3.8) is 0 Å². The number of nitrogens with one attached hydrogen (secondary N) is 1. The molecule has 0 aromatic heterocycles. The van der Waals surface area contributed by atoms with E-state index >= 15 is 0 Å². The zero-order chi connectivity index (χ0) is 17.9. The van der Waals surface area contributed by atoms with E-state index in [1.54, 1.807) is 11.0 Å². The molecule has 0 radical (unpaired) electrons. The second kappa shape index (κ2) is 7.20. The summed E-state index contributed by atoms with van der Waals surface area (Å²) >= 11 is 0. The van der Waals surface area contributed by atoms with E-state index in [2.05, 4.69) is 5.32 Å². The third-order valence-electron chi connectivity index (χ3n) is 3.87. The normalized spacial score (nSPS) is 16.0. The minimum Gasteiger partial charge on any atom is -0.444 e. The van der Waals surface area contributed by atoms with Crippen molar-refractivity contribution >= 4 is 17.6 Å². The molecule has 0 unspecified atom stereocenters. The summed E-state index contributed by atoms with van der Waals surface area (Å²) in [7, 11) is 0. The van der Waals surface area contributed by atoms with Crippen LogP contribution in [0.1, 0.15) is 50.9 Å². The average molecular weight is 336 g/mol. The first-order chi connectivity index (χ1) is 11.2. The number of carbonyl (C=O) groups is 2. The van der Waals surface area contributed by atoms with Gasteiger partial charge in [-0.05, 0) is 58.7 Å². The second-order valence-corrected chi connectivity index (χ2v) is 7.13. The first-order valence-electron chi connectivity index (χ1n) is 8.20. The molecule has 0 spiro atoms. The number of piperidine rings is 1. The number of benzene rings is 1. The van der Waals surface area contributed by atoms with Crippen LogP contribution < -0.4 is 5.32 Å². The van der Waals surface area contributed by atoms with Gasteiger partial charge in [-0.3, -0.25) is 4.79 Å². The molecule has 1 aromatic rings. The van der Waals surface area contributed by atoms with Gasteiger partial charge in [0, 0.05) is 30.4 Å². The molecule has 1 aliphatic rings. The Morgan fingerprint density at radius 1 is 1.25 bits per heavy atom. The molecule has 0 aliphatic carbocycles. The highest BCUT2D eigenvalue weighted by Gasteiger charge is 2.27. The van der Waals surface area contributed by atoms with E-state index in [0.29, 0.717) is 24.3 Å². The van der Waals surface area contributed by atoms with Crippen LogP contribution in [-0.4, -0.2) is 41.5 Å². The Balaban J connectivity index is 1.94. The molecule has 24 heavy (non-hydrogen) atoms. The number of nitrogens with zero attached hydrogens (tertiary/aromatic N) is 1. The summed E-state index contributed by atoms with van der Waals surface area (Å²) in [6, 6.07) is 4.31. The summed E-state index contributed by atoms with van der Waals surface area (Å²) in [4.78, 5) is 25.4. The van der Waals surface area contributed by atoms with Gasteiger partial charge < -0.3 is 15.0 Å². The molecule has 6 heteroatoms. The SMILES string of the molecule is CC(=O)c1cc(F)ccc1NC1CCN(C(=O)OC(C)(C)C)CC1. The Bertz CT molecular complexity index is 617. The summed E-state index contributed by atoms with van der Waals surface area (Å²) < 4.78 is 18.7. The Hall–Kier alpha value is -2.11. The lowest BCUT2D eigenvalue weighted by molar-refractivity contribution is 0.0210. The van der Waals surface area contributed by atoms with Crippen LogP contribution in [0.25, 0.3) is 0 Å². The van der Waals surface area contributed by atoms with E-state index < -0.39 is 11.4 Å². The van der Waals surface area contributed by atoms with Gasteiger partial charge in [0.25, 0.3) is 0 Å². The maximum atomic E-state index is 13.3. The topological polar surface area (TPSA) is 58.6 Å². The highest BCUT2D eigenvalue weighted by atomic mass is 19.1. The summed E-state index contributed by atoms with van der Waals surface area (Å²) in [5.41, 5.74) is 0.487. The number of anilines is 1. The molecule has 1 fully saturated rings. The molecule has 0 bridgehead atoms.